The standard InChI is InChI=1S/C21H22ClN3O2/c1-4-14(2)17-7-5-6-8-19(17)24-13-15(12-23)21(26)25-16-9-10-20(27-3)18(22)11-16/h5-11,13-14,24H,4H2,1-3H3,(H,25,26)/b15-13-. The van der Waals surface area contributed by atoms with Crippen molar-refractivity contribution in [3.05, 3.63) is 64.8 Å². The number of rotatable bonds is 7. The van der Waals surface area contributed by atoms with Crippen LogP contribution in [-0.4, -0.2) is 13.0 Å². The van der Waals surface area contributed by atoms with E-state index in [2.05, 4.69) is 24.5 Å². The molecule has 0 bridgehead atoms. The fourth-order valence-corrected chi connectivity index (χ4v) is 2.78. The Balaban J connectivity index is 2.16. The first-order chi connectivity index (χ1) is 13.0. The summed E-state index contributed by atoms with van der Waals surface area (Å²) in [4.78, 5) is 12.4. The lowest BCUT2D eigenvalue weighted by atomic mass is 9.97. The molecule has 2 aromatic carbocycles. The van der Waals surface area contributed by atoms with Crippen molar-refractivity contribution in [1.82, 2.24) is 0 Å². The smallest absolute Gasteiger partial charge is 0.267 e. The average molecular weight is 384 g/mol. The predicted molar refractivity (Wildman–Crippen MR) is 109 cm³/mol. The molecule has 0 aliphatic rings. The maximum atomic E-state index is 12.4. The highest BCUT2D eigenvalue weighted by Gasteiger charge is 2.12. The van der Waals surface area contributed by atoms with Crippen LogP contribution >= 0.6 is 11.6 Å². The van der Waals surface area contributed by atoms with Gasteiger partial charge in [0.25, 0.3) is 5.91 Å². The first kappa shape index (κ1) is 20.3. The van der Waals surface area contributed by atoms with Gasteiger partial charge in [-0.3, -0.25) is 4.79 Å². The lowest BCUT2D eigenvalue weighted by molar-refractivity contribution is -0.112. The van der Waals surface area contributed by atoms with Gasteiger partial charge in [-0.2, -0.15) is 5.26 Å². The van der Waals surface area contributed by atoms with Crippen molar-refractivity contribution in [3.63, 3.8) is 0 Å². The number of anilines is 2. The lowest BCUT2D eigenvalue weighted by Gasteiger charge is -2.14. The third kappa shape index (κ3) is 5.25. The maximum Gasteiger partial charge on any atom is 0.267 e. The number of methoxy groups -OCH3 is 1. The molecule has 0 fully saturated rings. The number of halogens is 1. The fourth-order valence-electron chi connectivity index (χ4n) is 2.52. The number of benzene rings is 2. The number of hydrogen-bond donors (Lipinski definition) is 2. The zero-order chi connectivity index (χ0) is 19.8. The van der Waals surface area contributed by atoms with E-state index in [1.807, 2.05) is 30.3 Å². The third-order valence-electron chi connectivity index (χ3n) is 4.25. The summed E-state index contributed by atoms with van der Waals surface area (Å²) in [7, 11) is 1.51. The van der Waals surface area contributed by atoms with E-state index in [9.17, 15) is 10.1 Å². The van der Waals surface area contributed by atoms with Gasteiger partial charge in [0.2, 0.25) is 0 Å². The monoisotopic (exact) mass is 383 g/mol. The Kier molecular flexibility index (Phi) is 7.27. The van der Waals surface area contributed by atoms with Crippen molar-refractivity contribution in [2.24, 2.45) is 0 Å². The summed E-state index contributed by atoms with van der Waals surface area (Å²) in [6.07, 6.45) is 2.41. The normalized spacial score (nSPS) is 12.0. The Morgan fingerprint density at radius 2 is 2.07 bits per heavy atom. The molecule has 1 amide bonds. The van der Waals surface area contributed by atoms with Gasteiger partial charge in [-0.15, -0.1) is 0 Å². The zero-order valence-electron chi connectivity index (χ0n) is 15.5. The van der Waals surface area contributed by atoms with Crippen LogP contribution in [0.4, 0.5) is 11.4 Å². The Labute approximate surface area is 164 Å². The van der Waals surface area contributed by atoms with E-state index >= 15 is 0 Å². The van der Waals surface area contributed by atoms with E-state index < -0.39 is 5.91 Å². The number of carbonyl (C=O) groups excluding carboxylic acids is 1. The molecule has 0 aliphatic heterocycles. The van der Waals surface area contributed by atoms with Crippen molar-refractivity contribution in [3.8, 4) is 11.8 Å². The Morgan fingerprint density at radius 1 is 1.33 bits per heavy atom. The number of carbonyl (C=O) groups is 1. The van der Waals surface area contributed by atoms with Crippen LogP contribution in [0.15, 0.2) is 54.2 Å². The first-order valence-corrected chi connectivity index (χ1v) is 8.98. The molecule has 1 atom stereocenters. The topological polar surface area (TPSA) is 74.2 Å². The highest BCUT2D eigenvalue weighted by atomic mass is 35.5. The molecule has 2 aromatic rings. The number of nitrogens with one attached hydrogen (secondary N) is 2. The van der Waals surface area contributed by atoms with Gasteiger partial charge in [-0.25, -0.2) is 0 Å². The molecular weight excluding hydrogens is 362 g/mol. The molecule has 2 rings (SSSR count). The molecule has 0 saturated heterocycles. The van der Waals surface area contributed by atoms with E-state index in [1.165, 1.54) is 13.3 Å². The number of ether oxygens (including phenoxy) is 1. The molecule has 0 radical (unpaired) electrons. The maximum absolute atomic E-state index is 12.4. The second-order valence-electron chi connectivity index (χ2n) is 6.01. The quantitative estimate of drug-likeness (QED) is 0.501. The molecule has 2 N–H and O–H groups in total. The highest BCUT2D eigenvalue weighted by molar-refractivity contribution is 6.32. The molecule has 5 nitrogen and oxygen atoms in total. The molecule has 0 saturated carbocycles. The van der Waals surface area contributed by atoms with Crippen molar-refractivity contribution in [1.29, 1.82) is 5.26 Å². The van der Waals surface area contributed by atoms with Gasteiger partial charge in [0.15, 0.2) is 0 Å². The second-order valence-corrected chi connectivity index (χ2v) is 6.42. The van der Waals surface area contributed by atoms with Crippen LogP contribution in [0.25, 0.3) is 0 Å². The number of amides is 1. The van der Waals surface area contributed by atoms with Gasteiger partial charge in [-0.1, -0.05) is 43.6 Å². The molecule has 0 aliphatic carbocycles. The molecule has 6 heteroatoms. The second kappa shape index (κ2) is 9.65. The lowest BCUT2D eigenvalue weighted by Crippen LogP contribution is -2.14. The SMILES string of the molecule is CCC(C)c1ccccc1N/C=C(/C#N)C(=O)Nc1ccc(OC)c(Cl)c1. The van der Waals surface area contributed by atoms with E-state index in [-0.39, 0.29) is 5.57 Å². The van der Waals surface area contributed by atoms with E-state index in [0.717, 1.165) is 17.7 Å². The Bertz CT molecular complexity index is 887. The summed E-state index contributed by atoms with van der Waals surface area (Å²) in [6, 6.07) is 14.6. The number of nitriles is 1. The highest BCUT2D eigenvalue weighted by Crippen LogP contribution is 2.28. The van der Waals surface area contributed by atoms with Crippen LogP contribution in [0.1, 0.15) is 31.7 Å². The van der Waals surface area contributed by atoms with Gasteiger partial charge < -0.3 is 15.4 Å². The Hall–Kier alpha value is -2.97. The summed E-state index contributed by atoms with van der Waals surface area (Å²) in [5.41, 5.74) is 2.45. The first-order valence-electron chi connectivity index (χ1n) is 8.60. The number of hydrogen-bond acceptors (Lipinski definition) is 4. The van der Waals surface area contributed by atoms with Gasteiger partial charge in [0, 0.05) is 17.6 Å². The molecule has 0 aromatic heterocycles. The summed E-state index contributed by atoms with van der Waals surface area (Å²) < 4.78 is 5.08. The van der Waals surface area contributed by atoms with E-state index in [0.29, 0.717) is 22.4 Å². The van der Waals surface area contributed by atoms with E-state index in [1.54, 1.807) is 18.2 Å². The van der Waals surface area contributed by atoms with Crippen molar-refractivity contribution >= 4 is 28.9 Å². The predicted octanol–water partition coefficient (Wildman–Crippen LogP) is 5.32. The van der Waals surface area contributed by atoms with E-state index in [4.69, 9.17) is 16.3 Å². The van der Waals surface area contributed by atoms with Gasteiger partial charge >= 0.3 is 0 Å². The molecule has 0 spiro atoms. The summed E-state index contributed by atoms with van der Waals surface area (Å²) in [5.74, 6) is 0.351. The molecule has 140 valence electrons. The molecular formula is C21H22ClN3O2. The molecule has 27 heavy (non-hydrogen) atoms. The molecule has 1 unspecified atom stereocenters. The van der Waals surface area contributed by atoms with Crippen molar-refractivity contribution < 1.29 is 9.53 Å². The number of para-hydroxylation sites is 1. The minimum atomic E-state index is -0.521. The van der Waals surface area contributed by atoms with Gasteiger partial charge in [0.1, 0.15) is 17.4 Å². The van der Waals surface area contributed by atoms with Crippen molar-refractivity contribution in [2.45, 2.75) is 26.2 Å². The molecule has 0 heterocycles. The zero-order valence-corrected chi connectivity index (χ0v) is 16.3. The minimum absolute atomic E-state index is 0.0408. The van der Waals surface area contributed by atoms with Crippen molar-refractivity contribution in [2.75, 3.05) is 17.7 Å². The minimum Gasteiger partial charge on any atom is -0.495 e. The Morgan fingerprint density at radius 3 is 2.70 bits per heavy atom. The van der Waals surface area contributed by atoms with Crippen LogP contribution in [0.3, 0.4) is 0 Å². The van der Waals surface area contributed by atoms with Gasteiger partial charge in [-0.05, 0) is 42.2 Å². The fraction of sp³-hybridized carbons (Fsp3) is 0.238. The van der Waals surface area contributed by atoms with Crippen LogP contribution in [0.2, 0.25) is 5.02 Å². The number of nitrogens with zero attached hydrogens (tertiary/aromatic N) is 1. The average Bonchev–Trinajstić information content (AvgIpc) is 2.68. The van der Waals surface area contributed by atoms with Crippen LogP contribution in [0, 0.1) is 11.3 Å². The summed E-state index contributed by atoms with van der Waals surface area (Å²) >= 11 is 6.06. The van der Waals surface area contributed by atoms with Crippen LogP contribution in [-0.2, 0) is 4.79 Å². The summed E-state index contributed by atoms with van der Waals surface area (Å²) in [6.45, 7) is 4.25. The third-order valence-corrected chi connectivity index (χ3v) is 4.55. The van der Waals surface area contributed by atoms with Crippen LogP contribution < -0.4 is 15.4 Å². The largest absolute Gasteiger partial charge is 0.495 e. The van der Waals surface area contributed by atoms with Crippen LogP contribution in [0.5, 0.6) is 5.75 Å². The summed E-state index contributed by atoms with van der Waals surface area (Å²) in [5, 5.41) is 15.5. The van der Waals surface area contributed by atoms with Gasteiger partial charge in [0.05, 0.1) is 12.1 Å².